The molecule has 0 aliphatic carbocycles. The molecule has 0 amide bonds. The van der Waals surface area contributed by atoms with Gasteiger partial charge in [0.1, 0.15) is 5.76 Å². The van der Waals surface area contributed by atoms with Crippen molar-refractivity contribution in [2.24, 2.45) is 0 Å². The molecule has 1 atom stereocenters. The average molecular weight is 322 g/mol. The third-order valence-electron chi connectivity index (χ3n) is 3.21. The van der Waals surface area contributed by atoms with Crippen LogP contribution in [0.25, 0.3) is 0 Å². The molecular weight excluding hydrogens is 302 g/mol. The molecule has 0 bridgehead atoms. The van der Waals surface area contributed by atoms with Crippen molar-refractivity contribution in [3.05, 3.63) is 58.5 Å². The number of halogens is 1. The zero-order valence-electron chi connectivity index (χ0n) is 11.2. The van der Waals surface area contributed by atoms with Crippen LogP contribution in [0.15, 0.2) is 51.6 Å². The molecule has 1 N–H and O–H groups in total. The van der Waals surface area contributed by atoms with Crippen molar-refractivity contribution in [2.75, 3.05) is 13.1 Å². The van der Waals surface area contributed by atoms with Crippen LogP contribution in [0.2, 0.25) is 0 Å². The number of hydrogen-bond donors (Lipinski definition) is 1. The molecule has 19 heavy (non-hydrogen) atoms. The summed E-state index contributed by atoms with van der Waals surface area (Å²) < 4.78 is 6.61. The SMILES string of the molecule is CCCNCC(Cc1occc1Br)c1ccccc1. The molecule has 0 fully saturated rings. The van der Waals surface area contributed by atoms with Gasteiger partial charge in [-0.3, -0.25) is 0 Å². The van der Waals surface area contributed by atoms with Gasteiger partial charge >= 0.3 is 0 Å². The molecule has 0 spiro atoms. The maximum absolute atomic E-state index is 5.55. The highest BCUT2D eigenvalue weighted by Crippen LogP contribution is 2.25. The van der Waals surface area contributed by atoms with E-state index in [2.05, 4.69) is 58.5 Å². The molecule has 0 radical (unpaired) electrons. The van der Waals surface area contributed by atoms with E-state index in [9.17, 15) is 0 Å². The number of rotatable bonds is 7. The van der Waals surface area contributed by atoms with Crippen molar-refractivity contribution in [3.63, 3.8) is 0 Å². The molecule has 1 heterocycles. The minimum absolute atomic E-state index is 0.440. The van der Waals surface area contributed by atoms with Crippen LogP contribution in [-0.4, -0.2) is 13.1 Å². The van der Waals surface area contributed by atoms with Crippen molar-refractivity contribution in [1.82, 2.24) is 5.32 Å². The van der Waals surface area contributed by atoms with Crippen LogP contribution in [-0.2, 0) is 6.42 Å². The fourth-order valence-corrected chi connectivity index (χ4v) is 2.54. The van der Waals surface area contributed by atoms with Gasteiger partial charge in [0.2, 0.25) is 0 Å². The molecule has 102 valence electrons. The van der Waals surface area contributed by atoms with Gasteiger partial charge in [-0.1, -0.05) is 37.3 Å². The van der Waals surface area contributed by atoms with E-state index >= 15 is 0 Å². The van der Waals surface area contributed by atoms with E-state index in [4.69, 9.17) is 4.42 Å². The first-order chi connectivity index (χ1) is 9.31. The summed E-state index contributed by atoms with van der Waals surface area (Å²) in [5.74, 6) is 1.46. The topological polar surface area (TPSA) is 25.2 Å². The summed E-state index contributed by atoms with van der Waals surface area (Å²) in [6.45, 7) is 4.22. The molecule has 1 aromatic carbocycles. The third-order valence-corrected chi connectivity index (χ3v) is 3.92. The van der Waals surface area contributed by atoms with Crippen LogP contribution in [0.4, 0.5) is 0 Å². The molecule has 0 saturated carbocycles. The van der Waals surface area contributed by atoms with Gasteiger partial charge in [0, 0.05) is 18.9 Å². The van der Waals surface area contributed by atoms with Crippen LogP contribution in [0.5, 0.6) is 0 Å². The van der Waals surface area contributed by atoms with E-state index in [1.807, 2.05) is 6.07 Å². The number of nitrogens with one attached hydrogen (secondary N) is 1. The van der Waals surface area contributed by atoms with Crippen LogP contribution >= 0.6 is 15.9 Å². The van der Waals surface area contributed by atoms with E-state index in [0.29, 0.717) is 5.92 Å². The fraction of sp³-hybridized carbons (Fsp3) is 0.375. The lowest BCUT2D eigenvalue weighted by molar-refractivity contribution is 0.471. The van der Waals surface area contributed by atoms with E-state index < -0.39 is 0 Å². The van der Waals surface area contributed by atoms with Crippen molar-refractivity contribution in [2.45, 2.75) is 25.7 Å². The molecule has 0 aliphatic rings. The van der Waals surface area contributed by atoms with E-state index in [1.54, 1.807) is 6.26 Å². The smallest absolute Gasteiger partial charge is 0.118 e. The lowest BCUT2D eigenvalue weighted by atomic mass is 9.94. The molecular formula is C16H20BrNO. The normalized spacial score (nSPS) is 12.5. The van der Waals surface area contributed by atoms with Crippen molar-refractivity contribution in [1.29, 1.82) is 0 Å². The Kier molecular flexibility index (Phi) is 5.67. The van der Waals surface area contributed by atoms with E-state index in [1.165, 1.54) is 5.56 Å². The Balaban J connectivity index is 2.08. The first-order valence-electron chi connectivity index (χ1n) is 6.78. The Bertz CT molecular complexity index is 481. The predicted molar refractivity (Wildman–Crippen MR) is 82.5 cm³/mol. The molecule has 1 aromatic heterocycles. The minimum Gasteiger partial charge on any atom is -0.468 e. The summed E-state index contributed by atoms with van der Waals surface area (Å²) >= 11 is 3.54. The average Bonchev–Trinajstić information content (AvgIpc) is 2.84. The van der Waals surface area contributed by atoms with Gasteiger partial charge in [0.25, 0.3) is 0 Å². The van der Waals surface area contributed by atoms with E-state index in [0.717, 1.165) is 36.2 Å². The maximum Gasteiger partial charge on any atom is 0.118 e. The lowest BCUT2D eigenvalue weighted by Gasteiger charge is -2.17. The van der Waals surface area contributed by atoms with Gasteiger partial charge < -0.3 is 9.73 Å². The summed E-state index contributed by atoms with van der Waals surface area (Å²) in [5, 5.41) is 3.51. The Hall–Kier alpha value is -1.06. The summed E-state index contributed by atoms with van der Waals surface area (Å²) in [7, 11) is 0. The van der Waals surface area contributed by atoms with Gasteiger partial charge in [-0.15, -0.1) is 0 Å². The first kappa shape index (κ1) is 14.4. The van der Waals surface area contributed by atoms with Gasteiger partial charge in [-0.05, 0) is 40.5 Å². The number of hydrogen-bond acceptors (Lipinski definition) is 2. The van der Waals surface area contributed by atoms with Gasteiger partial charge in [-0.25, -0.2) is 0 Å². The third kappa shape index (κ3) is 4.22. The molecule has 1 unspecified atom stereocenters. The van der Waals surface area contributed by atoms with Gasteiger partial charge in [0.15, 0.2) is 0 Å². The monoisotopic (exact) mass is 321 g/mol. The zero-order chi connectivity index (χ0) is 13.5. The highest BCUT2D eigenvalue weighted by Gasteiger charge is 2.15. The number of furan rings is 1. The van der Waals surface area contributed by atoms with Crippen LogP contribution < -0.4 is 5.32 Å². The Morgan fingerprint density at radius 2 is 2.00 bits per heavy atom. The standard InChI is InChI=1S/C16H20BrNO/c1-2-9-18-12-14(13-6-4-3-5-7-13)11-16-15(17)8-10-19-16/h3-8,10,14,18H,2,9,11-12H2,1H3. The lowest BCUT2D eigenvalue weighted by Crippen LogP contribution is -2.23. The molecule has 2 aromatic rings. The maximum atomic E-state index is 5.55. The molecule has 0 aliphatic heterocycles. The van der Waals surface area contributed by atoms with Crippen molar-refractivity contribution in [3.8, 4) is 0 Å². The highest BCUT2D eigenvalue weighted by atomic mass is 79.9. The van der Waals surface area contributed by atoms with Gasteiger partial charge in [-0.2, -0.15) is 0 Å². The van der Waals surface area contributed by atoms with Crippen LogP contribution in [0, 0.1) is 0 Å². The number of benzene rings is 1. The Morgan fingerprint density at radius 1 is 1.21 bits per heavy atom. The van der Waals surface area contributed by atoms with Crippen LogP contribution in [0.1, 0.15) is 30.6 Å². The summed E-state index contributed by atoms with van der Waals surface area (Å²) in [4.78, 5) is 0. The largest absolute Gasteiger partial charge is 0.468 e. The van der Waals surface area contributed by atoms with Crippen molar-refractivity contribution >= 4 is 15.9 Å². The molecule has 2 rings (SSSR count). The predicted octanol–water partition coefficient (Wildman–Crippen LogP) is 4.37. The minimum atomic E-state index is 0.440. The van der Waals surface area contributed by atoms with Crippen molar-refractivity contribution < 1.29 is 4.42 Å². The quantitative estimate of drug-likeness (QED) is 0.766. The summed E-state index contributed by atoms with van der Waals surface area (Å²) in [6.07, 6.45) is 3.81. The second-order valence-electron chi connectivity index (χ2n) is 4.71. The van der Waals surface area contributed by atoms with Crippen LogP contribution in [0.3, 0.4) is 0 Å². The summed E-state index contributed by atoms with van der Waals surface area (Å²) in [6, 6.07) is 12.6. The van der Waals surface area contributed by atoms with E-state index in [-0.39, 0.29) is 0 Å². The van der Waals surface area contributed by atoms with Gasteiger partial charge in [0.05, 0.1) is 10.7 Å². The second kappa shape index (κ2) is 7.51. The highest BCUT2D eigenvalue weighted by molar-refractivity contribution is 9.10. The Labute approximate surface area is 123 Å². The second-order valence-corrected chi connectivity index (χ2v) is 5.56. The first-order valence-corrected chi connectivity index (χ1v) is 7.58. The molecule has 0 saturated heterocycles. The zero-order valence-corrected chi connectivity index (χ0v) is 12.8. The molecule has 3 heteroatoms. The summed E-state index contributed by atoms with van der Waals surface area (Å²) in [5.41, 5.74) is 1.36. The molecule has 2 nitrogen and oxygen atoms in total. The fourth-order valence-electron chi connectivity index (χ4n) is 2.18. The Morgan fingerprint density at radius 3 is 2.63 bits per heavy atom.